The third-order valence-corrected chi connectivity index (χ3v) is 5.32. The number of tetrazole rings is 1. The van der Waals surface area contributed by atoms with Gasteiger partial charge < -0.3 is 0 Å². The average molecular weight is 318 g/mol. The molecule has 0 radical (unpaired) electrons. The van der Waals surface area contributed by atoms with Gasteiger partial charge in [-0.1, -0.05) is 6.07 Å². The summed E-state index contributed by atoms with van der Waals surface area (Å²) in [5, 5.41) is 14.4. The molecular weight excluding hydrogens is 296 g/mol. The summed E-state index contributed by atoms with van der Waals surface area (Å²) in [6, 6.07) is 4.94. The molecule has 118 valence electrons. The van der Waals surface area contributed by atoms with Gasteiger partial charge in [0.2, 0.25) is 0 Å². The van der Waals surface area contributed by atoms with Crippen LogP contribution in [0, 0.1) is 0 Å². The lowest BCUT2D eigenvalue weighted by atomic mass is 10.3. The molecule has 2 fully saturated rings. The molecule has 22 heavy (non-hydrogen) atoms. The number of rotatable bonds is 5. The van der Waals surface area contributed by atoms with Crippen molar-refractivity contribution in [3.05, 3.63) is 28.2 Å². The van der Waals surface area contributed by atoms with E-state index in [4.69, 9.17) is 0 Å². The number of hydrogen-bond donors (Lipinski definition) is 0. The van der Waals surface area contributed by atoms with Crippen molar-refractivity contribution in [2.24, 2.45) is 0 Å². The van der Waals surface area contributed by atoms with Crippen LogP contribution in [0.3, 0.4) is 0 Å². The molecule has 3 heterocycles. The molecule has 1 saturated heterocycles. The Morgan fingerprint density at radius 3 is 2.64 bits per heavy atom. The van der Waals surface area contributed by atoms with Crippen molar-refractivity contribution in [2.45, 2.75) is 38.4 Å². The Bertz CT molecular complexity index is 591. The topological polar surface area (TPSA) is 50.1 Å². The Labute approximate surface area is 134 Å². The monoisotopic (exact) mass is 318 g/mol. The highest BCUT2D eigenvalue weighted by Crippen LogP contribution is 2.34. The first kappa shape index (κ1) is 14.3. The Hall–Kier alpha value is -1.31. The lowest BCUT2D eigenvalue weighted by Gasteiger charge is -2.21. The minimum Gasteiger partial charge on any atom is -0.297 e. The van der Waals surface area contributed by atoms with Crippen molar-refractivity contribution < 1.29 is 0 Å². The average Bonchev–Trinajstić information content (AvgIpc) is 3.12. The van der Waals surface area contributed by atoms with Crippen LogP contribution in [0.25, 0.3) is 0 Å². The van der Waals surface area contributed by atoms with Crippen LogP contribution in [-0.4, -0.2) is 56.2 Å². The molecule has 4 rings (SSSR count). The summed E-state index contributed by atoms with van der Waals surface area (Å²) in [7, 11) is 0. The molecule has 0 aromatic carbocycles. The van der Waals surface area contributed by atoms with Crippen molar-refractivity contribution in [1.29, 1.82) is 0 Å². The van der Waals surface area contributed by atoms with Crippen molar-refractivity contribution >= 4 is 11.3 Å². The van der Waals surface area contributed by atoms with Crippen LogP contribution in [0.4, 0.5) is 0 Å². The van der Waals surface area contributed by atoms with E-state index in [1.807, 2.05) is 16.0 Å². The molecule has 0 unspecified atom stereocenters. The van der Waals surface area contributed by atoms with Gasteiger partial charge in [0.05, 0.1) is 12.6 Å². The zero-order valence-corrected chi connectivity index (χ0v) is 13.6. The van der Waals surface area contributed by atoms with Crippen LogP contribution in [0.1, 0.15) is 36.0 Å². The highest BCUT2D eigenvalue weighted by atomic mass is 32.1. The normalized spacial score (nSPS) is 21.1. The Balaban J connectivity index is 1.33. The van der Waals surface area contributed by atoms with Crippen molar-refractivity contribution in [3.8, 4) is 0 Å². The Kier molecular flexibility index (Phi) is 4.18. The molecule has 1 saturated carbocycles. The number of aromatic nitrogens is 4. The molecule has 0 amide bonds. The highest BCUT2D eigenvalue weighted by Gasteiger charge is 2.28. The predicted molar refractivity (Wildman–Crippen MR) is 85.6 cm³/mol. The van der Waals surface area contributed by atoms with Gasteiger partial charge in [0.15, 0.2) is 5.82 Å². The van der Waals surface area contributed by atoms with Crippen LogP contribution in [0.15, 0.2) is 17.5 Å². The quantitative estimate of drug-likeness (QED) is 0.841. The lowest BCUT2D eigenvalue weighted by molar-refractivity contribution is 0.241. The zero-order valence-electron chi connectivity index (χ0n) is 12.8. The molecule has 0 N–H and O–H groups in total. The minimum absolute atomic E-state index is 0.562. The van der Waals surface area contributed by atoms with Gasteiger partial charge in [-0.05, 0) is 54.2 Å². The van der Waals surface area contributed by atoms with E-state index in [2.05, 4.69) is 42.8 Å². The molecule has 0 atom stereocenters. The maximum Gasteiger partial charge on any atom is 0.165 e. The second kappa shape index (κ2) is 6.44. The van der Waals surface area contributed by atoms with Gasteiger partial charge in [0, 0.05) is 24.5 Å². The van der Waals surface area contributed by atoms with Crippen LogP contribution < -0.4 is 0 Å². The largest absolute Gasteiger partial charge is 0.297 e. The van der Waals surface area contributed by atoms with Gasteiger partial charge in [-0.3, -0.25) is 9.80 Å². The van der Waals surface area contributed by atoms with E-state index in [0.717, 1.165) is 38.5 Å². The molecule has 0 spiro atoms. The first-order valence-electron chi connectivity index (χ1n) is 8.12. The molecule has 2 aromatic heterocycles. The minimum atomic E-state index is 0.562. The molecule has 7 heteroatoms. The van der Waals surface area contributed by atoms with Gasteiger partial charge in [-0.25, -0.2) is 4.68 Å². The number of thiophene rings is 1. The lowest BCUT2D eigenvalue weighted by Crippen LogP contribution is -2.31. The van der Waals surface area contributed by atoms with E-state index in [-0.39, 0.29) is 0 Å². The maximum absolute atomic E-state index is 4.23. The third-order valence-electron chi connectivity index (χ3n) is 4.46. The molecule has 1 aliphatic heterocycles. The maximum atomic E-state index is 4.23. The molecular formula is C15H22N6S. The van der Waals surface area contributed by atoms with Crippen LogP contribution >= 0.6 is 11.3 Å². The van der Waals surface area contributed by atoms with Gasteiger partial charge in [-0.2, -0.15) is 0 Å². The van der Waals surface area contributed by atoms with E-state index >= 15 is 0 Å². The van der Waals surface area contributed by atoms with Crippen LogP contribution in [0.2, 0.25) is 0 Å². The highest BCUT2D eigenvalue weighted by molar-refractivity contribution is 7.09. The van der Waals surface area contributed by atoms with E-state index in [0.29, 0.717) is 6.04 Å². The van der Waals surface area contributed by atoms with E-state index < -0.39 is 0 Å². The standard InChI is InChI=1S/C15H22N6S/c1-3-14(22-10-1)11-19-6-2-7-20(9-8-19)12-15-16-17-18-21(15)13-4-5-13/h1,3,10,13H,2,4-9,11-12H2. The summed E-state index contributed by atoms with van der Waals surface area (Å²) in [6.07, 6.45) is 3.68. The Morgan fingerprint density at radius 1 is 1.09 bits per heavy atom. The molecule has 6 nitrogen and oxygen atoms in total. The van der Waals surface area contributed by atoms with Crippen LogP contribution in [0.5, 0.6) is 0 Å². The summed E-state index contributed by atoms with van der Waals surface area (Å²) >= 11 is 1.85. The SMILES string of the molecule is c1csc(CN2CCCN(Cc3nnnn3C3CC3)CC2)c1. The van der Waals surface area contributed by atoms with E-state index in [1.165, 1.54) is 30.7 Å². The van der Waals surface area contributed by atoms with Gasteiger partial charge in [-0.15, -0.1) is 16.4 Å². The molecule has 1 aliphatic carbocycles. The van der Waals surface area contributed by atoms with Gasteiger partial charge in [0.25, 0.3) is 0 Å². The Morgan fingerprint density at radius 2 is 1.91 bits per heavy atom. The zero-order chi connectivity index (χ0) is 14.8. The summed E-state index contributed by atoms with van der Waals surface area (Å²) in [5.74, 6) is 1.04. The van der Waals surface area contributed by atoms with E-state index in [9.17, 15) is 0 Å². The first-order valence-corrected chi connectivity index (χ1v) is 9.00. The van der Waals surface area contributed by atoms with Crippen molar-refractivity contribution in [3.63, 3.8) is 0 Å². The summed E-state index contributed by atoms with van der Waals surface area (Å²) in [6.45, 7) is 6.52. The smallest absolute Gasteiger partial charge is 0.165 e. The fraction of sp³-hybridized carbons (Fsp3) is 0.667. The van der Waals surface area contributed by atoms with Crippen LogP contribution in [-0.2, 0) is 13.1 Å². The molecule has 2 aliphatic rings. The fourth-order valence-corrected chi connectivity index (χ4v) is 3.83. The fourth-order valence-electron chi connectivity index (χ4n) is 3.08. The number of nitrogens with zero attached hydrogens (tertiary/aromatic N) is 6. The first-order chi connectivity index (χ1) is 10.9. The van der Waals surface area contributed by atoms with Gasteiger partial charge >= 0.3 is 0 Å². The third kappa shape index (κ3) is 3.37. The second-order valence-corrected chi connectivity index (χ2v) is 7.29. The second-order valence-electron chi connectivity index (χ2n) is 6.26. The summed E-state index contributed by atoms with van der Waals surface area (Å²) < 4.78 is 2.04. The predicted octanol–water partition coefficient (Wildman–Crippen LogP) is 1.78. The van der Waals surface area contributed by atoms with Crippen molar-refractivity contribution in [2.75, 3.05) is 26.2 Å². The van der Waals surface area contributed by atoms with E-state index in [1.54, 1.807) is 0 Å². The van der Waals surface area contributed by atoms with Crippen molar-refractivity contribution in [1.82, 2.24) is 30.0 Å². The van der Waals surface area contributed by atoms with Gasteiger partial charge in [0.1, 0.15) is 0 Å². The molecule has 0 bridgehead atoms. The summed E-state index contributed by atoms with van der Waals surface area (Å²) in [4.78, 5) is 6.53. The number of hydrogen-bond acceptors (Lipinski definition) is 6. The molecule has 2 aromatic rings. The summed E-state index contributed by atoms with van der Waals surface area (Å²) in [5.41, 5.74) is 0.